The number of rotatable bonds is 7. The lowest BCUT2D eigenvalue weighted by Crippen LogP contribution is -2.26. The van der Waals surface area contributed by atoms with Gasteiger partial charge in [-0.15, -0.1) is 0 Å². The Bertz CT molecular complexity index is 1090. The summed E-state index contributed by atoms with van der Waals surface area (Å²) in [6.07, 6.45) is 8.41. The number of hydrogen-bond acceptors (Lipinski definition) is 5. The molecule has 2 heterocycles. The first-order valence-electron chi connectivity index (χ1n) is 10.6. The van der Waals surface area contributed by atoms with Gasteiger partial charge in [0.05, 0.1) is 23.1 Å². The van der Waals surface area contributed by atoms with Crippen molar-refractivity contribution in [2.45, 2.75) is 38.0 Å². The summed E-state index contributed by atoms with van der Waals surface area (Å²) in [5, 5.41) is 7.50. The zero-order chi connectivity index (χ0) is 20.5. The van der Waals surface area contributed by atoms with Crippen LogP contribution < -0.4 is 5.32 Å². The van der Waals surface area contributed by atoms with E-state index in [1.807, 2.05) is 12.3 Å². The van der Waals surface area contributed by atoms with Crippen LogP contribution in [-0.4, -0.2) is 45.9 Å². The first kappa shape index (κ1) is 18.9. The second-order valence-corrected chi connectivity index (χ2v) is 7.93. The molecule has 0 bridgehead atoms. The van der Waals surface area contributed by atoms with E-state index >= 15 is 0 Å². The summed E-state index contributed by atoms with van der Waals surface area (Å²) >= 11 is 0. The molecule has 1 fully saturated rings. The third kappa shape index (κ3) is 3.50. The summed E-state index contributed by atoms with van der Waals surface area (Å²) in [4.78, 5) is 22.3. The van der Waals surface area contributed by atoms with Crippen LogP contribution in [0, 0.1) is 0 Å². The lowest BCUT2D eigenvalue weighted by Gasteiger charge is -2.19. The Labute approximate surface area is 175 Å². The predicted octanol–water partition coefficient (Wildman–Crippen LogP) is 3.07. The van der Waals surface area contributed by atoms with E-state index in [0.29, 0.717) is 30.6 Å². The second kappa shape index (κ2) is 7.99. The monoisotopic (exact) mass is 403 g/mol. The molecule has 7 nitrogen and oxygen atoms in total. The normalized spacial score (nSPS) is 14.8. The number of ether oxygens (including phenoxy) is 1. The minimum Gasteiger partial charge on any atom is -0.385 e. The minimum absolute atomic E-state index is 0.0949. The maximum atomic E-state index is 12.8. The molecule has 0 radical (unpaired) electrons. The molecule has 3 aromatic rings. The van der Waals surface area contributed by atoms with Gasteiger partial charge in [0.15, 0.2) is 0 Å². The van der Waals surface area contributed by atoms with Gasteiger partial charge in [-0.2, -0.15) is 5.10 Å². The molecule has 7 heteroatoms. The molecule has 1 N–H and O–H groups in total. The van der Waals surface area contributed by atoms with Crippen molar-refractivity contribution in [2.24, 2.45) is 0 Å². The molecule has 30 heavy (non-hydrogen) atoms. The van der Waals surface area contributed by atoms with Crippen molar-refractivity contribution >= 4 is 5.91 Å². The molecule has 0 unspecified atom stereocenters. The maximum Gasteiger partial charge on any atom is 0.254 e. The van der Waals surface area contributed by atoms with E-state index in [1.165, 1.54) is 11.1 Å². The van der Waals surface area contributed by atoms with Gasteiger partial charge >= 0.3 is 0 Å². The Morgan fingerprint density at radius 1 is 1.20 bits per heavy atom. The fraction of sp³-hybridized carbons (Fsp3) is 0.391. The van der Waals surface area contributed by atoms with E-state index < -0.39 is 0 Å². The average Bonchev–Trinajstić information content (AvgIpc) is 3.53. The van der Waals surface area contributed by atoms with Crippen LogP contribution in [0.25, 0.3) is 17.2 Å². The van der Waals surface area contributed by atoms with Gasteiger partial charge in [-0.3, -0.25) is 4.79 Å². The Balaban J connectivity index is 1.49. The molecule has 0 atom stereocenters. The molecule has 2 aliphatic carbocycles. The topological polar surface area (TPSA) is 81.9 Å². The molecule has 2 aliphatic rings. The second-order valence-electron chi connectivity index (χ2n) is 7.93. The number of aromatic nitrogens is 4. The van der Waals surface area contributed by atoms with Crippen molar-refractivity contribution in [3.05, 3.63) is 59.0 Å². The molecule has 0 spiro atoms. The summed E-state index contributed by atoms with van der Waals surface area (Å²) in [6.45, 7) is 1.20. The molecule has 5 rings (SSSR count). The number of benzene rings is 1. The highest BCUT2D eigenvalue weighted by molar-refractivity contribution is 5.95. The number of nitrogens with zero attached hydrogens (tertiary/aromatic N) is 4. The zero-order valence-electron chi connectivity index (χ0n) is 17.1. The first-order chi connectivity index (χ1) is 14.8. The van der Waals surface area contributed by atoms with Gasteiger partial charge in [-0.1, -0.05) is 24.3 Å². The Morgan fingerprint density at radius 2 is 2.03 bits per heavy atom. The lowest BCUT2D eigenvalue weighted by molar-refractivity contribution is 0.0947. The summed E-state index contributed by atoms with van der Waals surface area (Å²) in [5.41, 5.74) is 6.16. The minimum atomic E-state index is -0.0949. The summed E-state index contributed by atoms with van der Waals surface area (Å²) in [7, 11) is 1.66. The number of amides is 1. The van der Waals surface area contributed by atoms with Crippen LogP contribution in [0.5, 0.6) is 0 Å². The van der Waals surface area contributed by atoms with Gasteiger partial charge in [0.25, 0.3) is 11.9 Å². The van der Waals surface area contributed by atoms with Crippen molar-refractivity contribution in [1.82, 2.24) is 25.1 Å². The van der Waals surface area contributed by atoms with Crippen molar-refractivity contribution in [3.8, 4) is 17.2 Å². The van der Waals surface area contributed by atoms with E-state index in [2.05, 4.69) is 33.6 Å². The molecule has 2 aromatic heterocycles. The summed E-state index contributed by atoms with van der Waals surface area (Å²) < 4.78 is 6.81. The number of carbonyl (C=O) groups is 1. The van der Waals surface area contributed by atoms with Crippen LogP contribution in [0.1, 0.15) is 52.4 Å². The van der Waals surface area contributed by atoms with E-state index in [-0.39, 0.29) is 5.91 Å². The first-order valence-corrected chi connectivity index (χ1v) is 10.6. The van der Waals surface area contributed by atoms with E-state index in [0.717, 1.165) is 49.1 Å². The third-order valence-corrected chi connectivity index (χ3v) is 5.80. The molecule has 0 saturated heterocycles. The third-order valence-electron chi connectivity index (χ3n) is 5.80. The number of aryl methyl sites for hydroxylation is 2. The highest BCUT2D eigenvalue weighted by Crippen LogP contribution is 2.42. The maximum absolute atomic E-state index is 12.8. The van der Waals surface area contributed by atoms with Crippen molar-refractivity contribution in [3.63, 3.8) is 0 Å². The van der Waals surface area contributed by atoms with Crippen LogP contribution in [0.3, 0.4) is 0 Å². The van der Waals surface area contributed by atoms with Gasteiger partial charge < -0.3 is 10.1 Å². The van der Waals surface area contributed by atoms with Crippen LogP contribution >= 0.6 is 0 Å². The number of nitrogens with one attached hydrogen (secondary N) is 1. The van der Waals surface area contributed by atoms with Gasteiger partial charge in [0.2, 0.25) is 0 Å². The number of fused-ring (bicyclic) bond motifs is 3. The standard InChI is InChI=1S/C23H25N5O2/c1-30-12-4-11-24-22(29)19-14-26-28(21(19)16-8-9-16)23-25-13-17-10-7-15-5-2-3-6-18(15)20(17)27-23/h2-3,5-6,13-14,16H,4,7-12H2,1H3,(H,24,29). The summed E-state index contributed by atoms with van der Waals surface area (Å²) in [5.74, 6) is 0.771. The average molecular weight is 403 g/mol. The zero-order valence-corrected chi connectivity index (χ0v) is 17.1. The molecule has 1 saturated carbocycles. The molecule has 1 aromatic carbocycles. The molecular formula is C23H25N5O2. The Morgan fingerprint density at radius 3 is 2.87 bits per heavy atom. The van der Waals surface area contributed by atoms with Crippen molar-refractivity contribution < 1.29 is 9.53 Å². The Hall–Kier alpha value is -3.06. The van der Waals surface area contributed by atoms with E-state index in [9.17, 15) is 4.79 Å². The quantitative estimate of drug-likeness (QED) is 0.613. The molecule has 0 aliphatic heterocycles. The van der Waals surface area contributed by atoms with Crippen molar-refractivity contribution in [2.75, 3.05) is 20.3 Å². The van der Waals surface area contributed by atoms with Crippen LogP contribution in [0.2, 0.25) is 0 Å². The fourth-order valence-corrected chi connectivity index (χ4v) is 4.11. The number of methoxy groups -OCH3 is 1. The molecule has 154 valence electrons. The van der Waals surface area contributed by atoms with Gasteiger partial charge in [0, 0.05) is 37.9 Å². The SMILES string of the molecule is COCCCNC(=O)c1cnn(-c2ncc3c(n2)-c2ccccc2CC3)c1C1CC1. The van der Waals surface area contributed by atoms with Crippen LogP contribution in [0.15, 0.2) is 36.7 Å². The largest absolute Gasteiger partial charge is 0.385 e. The van der Waals surface area contributed by atoms with Crippen LogP contribution in [-0.2, 0) is 17.6 Å². The lowest BCUT2D eigenvalue weighted by atomic mass is 9.90. The predicted molar refractivity (Wildman–Crippen MR) is 113 cm³/mol. The fourth-order valence-electron chi connectivity index (χ4n) is 4.11. The highest BCUT2D eigenvalue weighted by atomic mass is 16.5. The molecule has 1 amide bonds. The number of carbonyl (C=O) groups excluding carboxylic acids is 1. The van der Waals surface area contributed by atoms with Gasteiger partial charge in [-0.05, 0) is 43.2 Å². The van der Waals surface area contributed by atoms with E-state index in [4.69, 9.17) is 9.72 Å². The highest BCUT2D eigenvalue weighted by Gasteiger charge is 2.33. The Kier molecular flexibility index (Phi) is 5.04. The van der Waals surface area contributed by atoms with Crippen molar-refractivity contribution in [1.29, 1.82) is 0 Å². The van der Waals surface area contributed by atoms with Gasteiger partial charge in [-0.25, -0.2) is 14.6 Å². The van der Waals surface area contributed by atoms with E-state index in [1.54, 1.807) is 18.0 Å². The molecular weight excluding hydrogens is 378 g/mol. The van der Waals surface area contributed by atoms with Gasteiger partial charge in [0.1, 0.15) is 0 Å². The van der Waals surface area contributed by atoms with Crippen LogP contribution in [0.4, 0.5) is 0 Å². The number of hydrogen-bond donors (Lipinski definition) is 1. The smallest absolute Gasteiger partial charge is 0.254 e. The summed E-state index contributed by atoms with van der Waals surface area (Å²) in [6, 6.07) is 8.40.